The fourth-order valence-corrected chi connectivity index (χ4v) is 1.40. The number of carbonyl (C=O) groups excluding carboxylic acids is 2. The third kappa shape index (κ3) is 1.37. The molecular formula is C10H12O4. The second kappa shape index (κ2) is 3.06. The van der Waals surface area contributed by atoms with Crippen molar-refractivity contribution in [2.45, 2.75) is 26.4 Å². The summed E-state index contributed by atoms with van der Waals surface area (Å²) in [5, 5.41) is 19.1. The van der Waals surface area contributed by atoms with E-state index in [2.05, 4.69) is 0 Å². The first-order valence-electron chi connectivity index (χ1n) is 4.18. The largest absolute Gasteiger partial charge is 0.508 e. The number of aliphatic hydroxyl groups excluding tert-OH is 1. The molecule has 1 atom stereocenters. The van der Waals surface area contributed by atoms with Gasteiger partial charge < -0.3 is 10.2 Å². The predicted octanol–water partition coefficient (Wildman–Crippen LogP) is 0.667. The maximum Gasteiger partial charge on any atom is 0.194 e. The second-order valence-electron chi connectivity index (χ2n) is 3.54. The van der Waals surface area contributed by atoms with Gasteiger partial charge in [0.2, 0.25) is 0 Å². The molecule has 0 heterocycles. The smallest absolute Gasteiger partial charge is 0.194 e. The van der Waals surface area contributed by atoms with E-state index in [0.717, 1.165) is 13.0 Å². The Hall–Kier alpha value is -1.42. The minimum atomic E-state index is -1.97. The third-order valence-electron chi connectivity index (χ3n) is 2.27. The molecule has 0 spiro atoms. The van der Waals surface area contributed by atoms with Crippen LogP contribution in [0.3, 0.4) is 0 Å². The lowest BCUT2D eigenvalue weighted by atomic mass is 9.84. The van der Waals surface area contributed by atoms with E-state index in [-0.39, 0.29) is 11.4 Å². The minimum Gasteiger partial charge on any atom is -0.508 e. The number of rotatable bonds is 1. The molecule has 0 aromatic rings. The van der Waals surface area contributed by atoms with Crippen LogP contribution in [0.4, 0.5) is 0 Å². The van der Waals surface area contributed by atoms with Crippen LogP contribution in [0, 0.1) is 0 Å². The highest BCUT2D eigenvalue weighted by atomic mass is 16.3. The molecule has 0 amide bonds. The van der Waals surface area contributed by atoms with Gasteiger partial charge in [-0.1, -0.05) is 0 Å². The first kappa shape index (κ1) is 10.7. The van der Waals surface area contributed by atoms with Crippen LogP contribution in [0.2, 0.25) is 0 Å². The standard InChI is InChI=1S/C10H12O4/c1-5-4-7(12)10(3,14)9(13)8(5)6(2)11/h4,13-14H,1-3H3. The lowest BCUT2D eigenvalue weighted by molar-refractivity contribution is -0.130. The van der Waals surface area contributed by atoms with Gasteiger partial charge in [0.05, 0.1) is 5.57 Å². The van der Waals surface area contributed by atoms with Gasteiger partial charge in [-0.15, -0.1) is 0 Å². The number of hydrogen-bond donors (Lipinski definition) is 2. The van der Waals surface area contributed by atoms with Gasteiger partial charge >= 0.3 is 0 Å². The molecule has 0 aromatic carbocycles. The van der Waals surface area contributed by atoms with E-state index in [4.69, 9.17) is 0 Å². The van der Waals surface area contributed by atoms with Crippen molar-refractivity contribution < 1.29 is 19.8 Å². The van der Waals surface area contributed by atoms with Crippen LogP contribution in [0.25, 0.3) is 0 Å². The van der Waals surface area contributed by atoms with Crippen molar-refractivity contribution in [3.05, 3.63) is 23.0 Å². The van der Waals surface area contributed by atoms with E-state index in [0.29, 0.717) is 5.57 Å². The molecule has 1 unspecified atom stereocenters. The van der Waals surface area contributed by atoms with E-state index in [1.807, 2.05) is 0 Å². The molecule has 14 heavy (non-hydrogen) atoms. The Morgan fingerprint density at radius 2 is 2.00 bits per heavy atom. The molecule has 0 bridgehead atoms. The third-order valence-corrected chi connectivity index (χ3v) is 2.27. The van der Waals surface area contributed by atoms with Crippen LogP contribution in [0.1, 0.15) is 20.8 Å². The van der Waals surface area contributed by atoms with E-state index in [9.17, 15) is 19.8 Å². The Kier molecular flexibility index (Phi) is 2.33. The van der Waals surface area contributed by atoms with Crippen molar-refractivity contribution in [1.82, 2.24) is 0 Å². The van der Waals surface area contributed by atoms with Crippen molar-refractivity contribution in [2.75, 3.05) is 0 Å². The highest BCUT2D eigenvalue weighted by molar-refractivity contribution is 6.08. The van der Waals surface area contributed by atoms with Gasteiger partial charge in [-0.25, -0.2) is 0 Å². The van der Waals surface area contributed by atoms with Crippen molar-refractivity contribution >= 4 is 11.6 Å². The monoisotopic (exact) mass is 196 g/mol. The second-order valence-corrected chi connectivity index (χ2v) is 3.54. The zero-order valence-corrected chi connectivity index (χ0v) is 8.29. The molecule has 0 aromatic heterocycles. The van der Waals surface area contributed by atoms with E-state index < -0.39 is 17.1 Å². The molecule has 0 saturated heterocycles. The lowest BCUT2D eigenvalue weighted by Crippen LogP contribution is -2.40. The fourth-order valence-electron chi connectivity index (χ4n) is 1.40. The summed E-state index contributed by atoms with van der Waals surface area (Å²) in [7, 11) is 0. The van der Waals surface area contributed by atoms with Crippen molar-refractivity contribution in [2.24, 2.45) is 0 Å². The number of aliphatic hydroxyl groups is 2. The van der Waals surface area contributed by atoms with Crippen molar-refractivity contribution in [1.29, 1.82) is 0 Å². The highest BCUT2D eigenvalue weighted by Crippen LogP contribution is 2.29. The van der Waals surface area contributed by atoms with Gasteiger partial charge in [0.25, 0.3) is 0 Å². The maximum absolute atomic E-state index is 11.3. The van der Waals surface area contributed by atoms with Crippen molar-refractivity contribution in [3.8, 4) is 0 Å². The van der Waals surface area contributed by atoms with E-state index >= 15 is 0 Å². The molecule has 0 fully saturated rings. The van der Waals surface area contributed by atoms with Gasteiger partial charge in [0.15, 0.2) is 17.2 Å². The molecular weight excluding hydrogens is 184 g/mol. The molecule has 0 saturated carbocycles. The molecule has 0 radical (unpaired) electrons. The molecule has 0 aliphatic heterocycles. The van der Waals surface area contributed by atoms with Gasteiger partial charge in [-0.3, -0.25) is 9.59 Å². The van der Waals surface area contributed by atoms with E-state index in [1.54, 1.807) is 6.92 Å². The Morgan fingerprint density at radius 3 is 2.43 bits per heavy atom. The zero-order chi connectivity index (χ0) is 11.1. The summed E-state index contributed by atoms with van der Waals surface area (Å²) in [6.45, 7) is 3.98. The molecule has 1 aliphatic carbocycles. The van der Waals surface area contributed by atoms with Crippen LogP contribution in [0.15, 0.2) is 23.0 Å². The summed E-state index contributed by atoms with van der Waals surface area (Å²) in [5.74, 6) is -1.54. The number of ketones is 2. The first-order chi connectivity index (χ1) is 6.28. The topological polar surface area (TPSA) is 74.6 Å². The zero-order valence-electron chi connectivity index (χ0n) is 8.29. The highest BCUT2D eigenvalue weighted by Gasteiger charge is 2.40. The molecule has 2 N–H and O–H groups in total. The summed E-state index contributed by atoms with van der Waals surface area (Å²) in [4.78, 5) is 22.4. The summed E-state index contributed by atoms with van der Waals surface area (Å²) < 4.78 is 0. The SMILES string of the molecule is CC(=O)C1=C(O)C(C)(O)C(=O)C=C1C. The number of Topliss-reactive ketones (excluding diaryl/α,β-unsaturated/α-hetero) is 1. The predicted molar refractivity (Wildman–Crippen MR) is 49.7 cm³/mol. The number of carbonyl (C=O) groups is 2. The Labute approximate surface area is 81.6 Å². The molecule has 4 nitrogen and oxygen atoms in total. The van der Waals surface area contributed by atoms with Crippen LogP contribution >= 0.6 is 0 Å². The summed E-state index contributed by atoms with van der Waals surface area (Å²) in [5.41, 5.74) is -1.57. The average Bonchev–Trinajstić information content (AvgIpc) is 2.00. The van der Waals surface area contributed by atoms with Gasteiger partial charge in [-0.2, -0.15) is 0 Å². The Morgan fingerprint density at radius 1 is 1.50 bits per heavy atom. The minimum absolute atomic E-state index is 0.0228. The van der Waals surface area contributed by atoms with Crippen LogP contribution in [0.5, 0.6) is 0 Å². The van der Waals surface area contributed by atoms with Gasteiger partial charge in [0, 0.05) is 0 Å². The molecule has 76 valence electrons. The Balaban J connectivity index is 3.40. The Bertz CT molecular complexity index is 372. The number of allylic oxidation sites excluding steroid dienone is 2. The first-order valence-corrected chi connectivity index (χ1v) is 4.18. The maximum atomic E-state index is 11.3. The van der Waals surface area contributed by atoms with Crippen LogP contribution in [-0.2, 0) is 9.59 Å². The summed E-state index contributed by atoms with van der Waals surface area (Å²) in [6, 6.07) is 0. The normalized spacial score (nSPS) is 27.7. The van der Waals surface area contributed by atoms with Gasteiger partial charge in [0.1, 0.15) is 5.76 Å². The average molecular weight is 196 g/mol. The summed E-state index contributed by atoms with van der Waals surface area (Å²) in [6.07, 6.45) is 1.16. The van der Waals surface area contributed by atoms with E-state index in [1.165, 1.54) is 6.92 Å². The van der Waals surface area contributed by atoms with Crippen molar-refractivity contribution in [3.63, 3.8) is 0 Å². The molecule has 1 aliphatic rings. The lowest BCUT2D eigenvalue weighted by Gasteiger charge is -2.26. The molecule has 4 heteroatoms. The summed E-state index contributed by atoms with van der Waals surface area (Å²) >= 11 is 0. The molecule has 1 rings (SSSR count). The van der Waals surface area contributed by atoms with Crippen LogP contribution in [-0.4, -0.2) is 27.4 Å². The van der Waals surface area contributed by atoms with Gasteiger partial charge in [-0.05, 0) is 32.4 Å². The fraction of sp³-hybridized carbons (Fsp3) is 0.400. The van der Waals surface area contributed by atoms with Crippen LogP contribution < -0.4 is 0 Å². The quantitative estimate of drug-likeness (QED) is 0.646. The number of hydrogen-bond acceptors (Lipinski definition) is 4.